The fourth-order valence-electron chi connectivity index (χ4n) is 5.02. The van der Waals surface area contributed by atoms with Crippen LogP contribution in [-0.4, -0.2) is 53.0 Å². The summed E-state index contributed by atoms with van der Waals surface area (Å²) < 4.78 is 40.1. The molecular weight excluding hydrogens is 687 g/mol. The smallest absolute Gasteiger partial charge is 0.240 e. The standard InChI is InChI=1S/C36H36F2N4O6S2/c1-22(43)50-21-33(44)40-15-4-3-5-17-49-32-20-28-26(19-31(32)47-2)29(12-16-39-28)48-30-11-10-25(18-27(30)38)42-35(46)36(13-14-36)34(45)41-24-8-6-23(37)7-9-24/h6-12,16,18-20H,3-5,13-15,17,21H2,1-2H3,(H,40,44)(H,41,45)(H,42,46). The first-order valence-electron chi connectivity index (χ1n) is 15.9. The van der Waals surface area contributed by atoms with Crippen molar-refractivity contribution in [3.63, 3.8) is 0 Å². The second kappa shape index (κ2) is 16.8. The van der Waals surface area contributed by atoms with E-state index in [4.69, 9.17) is 9.47 Å². The first-order chi connectivity index (χ1) is 24.1. The first-order valence-corrected chi connectivity index (χ1v) is 17.9. The van der Waals surface area contributed by atoms with E-state index in [1.807, 2.05) is 6.07 Å². The van der Waals surface area contributed by atoms with E-state index in [-0.39, 0.29) is 28.2 Å². The predicted molar refractivity (Wildman–Crippen MR) is 191 cm³/mol. The van der Waals surface area contributed by atoms with E-state index >= 15 is 4.39 Å². The molecule has 1 aliphatic carbocycles. The summed E-state index contributed by atoms with van der Waals surface area (Å²) in [5.41, 5.74) is -0.122. The summed E-state index contributed by atoms with van der Waals surface area (Å²) in [7, 11) is 1.57. The second-order valence-corrected chi connectivity index (χ2v) is 13.9. The largest absolute Gasteiger partial charge is 0.496 e. The van der Waals surface area contributed by atoms with Crippen LogP contribution in [0.5, 0.6) is 17.2 Å². The number of unbranched alkanes of at least 4 members (excludes halogenated alkanes) is 2. The lowest BCUT2D eigenvalue weighted by molar-refractivity contribution is -0.131. The fraction of sp³-hybridized carbons (Fsp3) is 0.306. The number of fused-ring (bicyclic) bond motifs is 1. The minimum absolute atomic E-state index is 0.0723. The van der Waals surface area contributed by atoms with Crippen molar-refractivity contribution in [1.82, 2.24) is 10.3 Å². The molecule has 0 bridgehead atoms. The van der Waals surface area contributed by atoms with E-state index in [0.717, 1.165) is 47.7 Å². The maximum atomic E-state index is 15.3. The Morgan fingerprint density at radius 3 is 2.26 bits per heavy atom. The van der Waals surface area contributed by atoms with Crippen LogP contribution in [0.25, 0.3) is 10.9 Å². The number of carbonyl (C=O) groups excluding carboxylic acids is 4. The van der Waals surface area contributed by atoms with Gasteiger partial charge in [-0.3, -0.25) is 24.2 Å². The molecule has 0 spiro atoms. The number of carbonyl (C=O) groups is 4. The number of hydrogen-bond donors (Lipinski definition) is 3. The summed E-state index contributed by atoms with van der Waals surface area (Å²) in [6.45, 7) is 2.00. The number of nitrogens with zero attached hydrogens (tertiary/aromatic N) is 1. The van der Waals surface area contributed by atoms with E-state index in [2.05, 4.69) is 20.9 Å². The molecule has 1 saturated carbocycles. The number of rotatable bonds is 16. The summed E-state index contributed by atoms with van der Waals surface area (Å²) >= 11 is 2.62. The van der Waals surface area contributed by atoms with Crippen LogP contribution in [-0.2, 0) is 19.2 Å². The molecule has 0 atom stereocenters. The predicted octanol–water partition coefficient (Wildman–Crippen LogP) is 7.33. The summed E-state index contributed by atoms with van der Waals surface area (Å²) in [6, 6.07) is 14.6. The molecule has 0 aliphatic heterocycles. The van der Waals surface area contributed by atoms with Crippen LogP contribution >= 0.6 is 23.5 Å². The maximum absolute atomic E-state index is 15.3. The average molecular weight is 723 g/mol. The van der Waals surface area contributed by atoms with Gasteiger partial charge in [-0.05, 0) is 86.0 Å². The highest BCUT2D eigenvalue weighted by molar-refractivity contribution is 8.14. The summed E-state index contributed by atoms with van der Waals surface area (Å²) in [5, 5.41) is 8.64. The van der Waals surface area contributed by atoms with E-state index in [9.17, 15) is 23.6 Å². The van der Waals surface area contributed by atoms with Gasteiger partial charge in [-0.15, -0.1) is 11.8 Å². The van der Waals surface area contributed by atoms with Gasteiger partial charge in [0.25, 0.3) is 0 Å². The Hall–Kier alpha value is -4.69. The van der Waals surface area contributed by atoms with E-state index < -0.39 is 28.9 Å². The van der Waals surface area contributed by atoms with Crippen molar-refractivity contribution < 1.29 is 37.4 Å². The van der Waals surface area contributed by atoms with Crippen LogP contribution in [0.1, 0.15) is 39.0 Å². The Balaban J connectivity index is 1.16. The third kappa shape index (κ3) is 9.51. The van der Waals surface area contributed by atoms with Gasteiger partial charge in [-0.2, -0.15) is 0 Å². The van der Waals surface area contributed by atoms with Crippen molar-refractivity contribution in [2.24, 2.45) is 5.41 Å². The molecule has 0 unspecified atom stereocenters. The molecule has 3 aromatic carbocycles. The molecule has 50 heavy (non-hydrogen) atoms. The van der Waals surface area contributed by atoms with Crippen molar-refractivity contribution in [3.8, 4) is 17.2 Å². The third-order valence-corrected chi connectivity index (χ3v) is 9.86. The molecule has 10 nitrogen and oxygen atoms in total. The zero-order valence-corrected chi connectivity index (χ0v) is 29.1. The van der Waals surface area contributed by atoms with Gasteiger partial charge in [0.15, 0.2) is 16.7 Å². The summed E-state index contributed by atoms with van der Waals surface area (Å²) in [4.78, 5) is 54.0. The number of halogens is 2. The lowest BCUT2D eigenvalue weighted by atomic mass is 10.0. The third-order valence-electron chi connectivity index (χ3n) is 7.93. The highest BCUT2D eigenvalue weighted by atomic mass is 32.2. The highest BCUT2D eigenvalue weighted by Crippen LogP contribution is 2.48. The number of benzene rings is 3. The molecule has 1 aliphatic rings. The van der Waals surface area contributed by atoms with E-state index in [0.29, 0.717) is 47.5 Å². The normalized spacial score (nSPS) is 13.0. The van der Waals surface area contributed by atoms with Gasteiger partial charge in [0.2, 0.25) is 17.7 Å². The Morgan fingerprint density at radius 1 is 0.860 bits per heavy atom. The summed E-state index contributed by atoms with van der Waals surface area (Å²) in [5.74, 6) is -0.513. The maximum Gasteiger partial charge on any atom is 0.240 e. The Bertz CT molecular complexity index is 1890. The molecular formula is C36H36F2N4O6S2. The van der Waals surface area contributed by atoms with Crippen LogP contribution in [0.2, 0.25) is 0 Å². The number of thioether (sulfide) groups is 2. The zero-order valence-electron chi connectivity index (χ0n) is 27.5. The van der Waals surface area contributed by atoms with Crippen molar-refractivity contribution in [1.29, 1.82) is 0 Å². The molecule has 14 heteroatoms. The van der Waals surface area contributed by atoms with Crippen molar-refractivity contribution in [2.75, 3.05) is 35.8 Å². The van der Waals surface area contributed by atoms with Crippen LogP contribution < -0.4 is 25.4 Å². The summed E-state index contributed by atoms with van der Waals surface area (Å²) in [6.07, 6.45) is 4.90. The fourth-order valence-corrected chi connectivity index (χ4v) is 6.50. The average Bonchev–Trinajstić information content (AvgIpc) is 3.91. The number of hydrogen-bond acceptors (Lipinski definition) is 9. The number of amides is 3. The lowest BCUT2D eigenvalue weighted by Gasteiger charge is -2.16. The number of aromatic nitrogens is 1. The van der Waals surface area contributed by atoms with E-state index in [1.54, 1.807) is 37.2 Å². The molecule has 4 aromatic rings. The Kier molecular flexibility index (Phi) is 12.3. The van der Waals surface area contributed by atoms with Crippen LogP contribution in [0.15, 0.2) is 71.8 Å². The van der Waals surface area contributed by atoms with Gasteiger partial charge < -0.3 is 25.4 Å². The van der Waals surface area contributed by atoms with Gasteiger partial charge >= 0.3 is 0 Å². The molecule has 0 radical (unpaired) electrons. The molecule has 1 heterocycles. The van der Waals surface area contributed by atoms with Gasteiger partial charge in [-0.25, -0.2) is 8.78 Å². The van der Waals surface area contributed by atoms with Gasteiger partial charge in [0.1, 0.15) is 22.7 Å². The van der Waals surface area contributed by atoms with Crippen LogP contribution in [0.4, 0.5) is 20.2 Å². The lowest BCUT2D eigenvalue weighted by Crippen LogP contribution is -2.35. The van der Waals surface area contributed by atoms with Crippen molar-refractivity contribution in [2.45, 2.75) is 43.9 Å². The molecule has 1 fully saturated rings. The van der Waals surface area contributed by atoms with Crippen molar-refractivity contribution >= 4 is 68.6 Å². The van der Waals surface area contributed by atoms with Crippen molar-refractivity contribution in [3.05, 3.63) is 78.5 Å². The highest BCUT2D eigenvalue weighted by Gasteiger charge is 2.56. The number of methoxy groups -OCH3 is 1. The minimum Gasteiger partial charge on any atom is -0.496 e. The molecule has 0 saturated heterocycles. The SMILES string of the molecule is COc1cc2c(Oc3ccc(NC(=O)C4(C(=O)Nc5ccc(F)cc5)CC4)cc3F)ccnc2cc1SCCCCCNC(=O)CSC(C)=O. The van der Waals surface area contributed by atoms with Gasteiger partial charge in [-0.1, -0.05) is 18.2 Å². The Morgan fingerprint density at radius 2 is 1.58 bits per heavy atom. The first kappa shape index (κ1) is 36.6. The molecule has 5 rings (SSSR count). The number of pyridine rings is 1. The van der Waals surface area contributed by atoms with E-state index in [1.165, 1.54) is 43.3 Å². The molecule has 262 valence electrons. The van der Waals surface area contributed by atoms with Crippen LogP contribution in [0.3, 0.4) is 0 Å². The molecule has 1 aromatic heterocycles. The Labute approximate surface area is 296 Å². The van der Waals surface area contributed by atoms with Gasteiger partial charge in [0, 0.05) is 42.5 Å². The number of ether oxygens (including phenoxy) is 2. The topological polar surface area (TPSA) is 136 Å². The zero-order chi connectivity index (χ0) is 35.7. The number of anilines is 2. The molecule has 3 amide bonds. The van der Waals surface area contributed by atoms with Gasteiger partial charge in [0.05, 0.1) is 23.3 Å². The second-order valence-electron chi connectivity index (χ2n) is 11.6. The molecule has 3 N–H and O–H groups in total. The number of nitrogens with one attached hydrogen (secondary N) is 3. The van der Waals surface area contributed by atoms with Crippen LogP contribution in [0, 0.1) is 17.0 Å². The monoisotopic (exact) mass is 722 g/mol. The quantitative estimate of drug-likeness (QED) is 0.0617. The minimum atomic E-state index is -1.29.